The van der Waals surface area contributed by atoms with Gasteiger partial charge in [0, 0.05) is 17.0 Å². The summed E-state index contributed by atoms with van der Waals surface area (Å²) in [5.41, 5.74) is 1.86. The monoisotopic (exact) mass is 416 g/mol. The molecular formula is C23H28O7. The Balaban J connectivity index is 2.09. The summed E-state index contributed by atoms with van der Waals surface area (Å²) in [6, 6.07) is 5.72. The Bertz CT molecular complexity index is 897. The number of hydrogen-bond donors (Lipinski definition) is 0. The van der Waals surface area contributed by atoms with E-state index < -0.39 is 0 Å². The second kappa shape index (κ2) is 9.07. The van der Waals surface area contributed by atoms with Crippen LogP contribution in [0.2, 0.25) is 0 Å². The second-order valence-corrected chi connectivity index (χ2v) is 6.75. The van der Waals surface area contributed by atoms with Crippen molar-refractivity contribution in [2.75, 3.05) is 42.2 Å². The molecule has 162 valence electrons. The second-order valence-electron chi connectivity index (χ2n) is 6.75. The molecule has 0 amide bonds. The van der Waals surface area contributed by atoms with Gasteiger partial charge in [-0.25, -0.2) is 0 Å². The Morgan fingerprint density at radius 1 is 0.833 bits per heavy atom. The van der Waals surface area contributed by atoms with Gasteiger partial charge >= 0.3 is 0 Å². The lowest BCUT2D eigenvalue weighted by molar-refractivity contribution is 0.204. The smallest absolute Gasteiger partial charge is 0.207 e. The number of benzene rings is 2. The first-order valence-corrected chi connectivity index (χ1v) is 9.53. The van der Waals surface area contributed by atoms with Crippen molar-refractivity contribution in [2.45, 2.75) is 18.9 Å². The molecule has 2 aromatic rings. The third-order valence-corrected chi connectivity index (χ3v) is 5.16. The summed E-state index contributed by atoms with van der Waals surface area (Å²) in [7, 11) is 7.93. The van der Waals surface area contributed by atoms with Crippen LogP contribution in [0.3, 0.4) is 0 Å². The first-order valence-electron chi connectivity index (χ1n) is 9.53. The molecule has 0 aromatic heterocycles. The molecule has 1 aliphatic rings. The Labute approximate surface area is 177 Å². The minimum atomic E-state index is -0.290. The zero-order chi connectivity index (χ0) is 21.8. The summed E-state index contributed by atoms with van der Waals surface area (Å²) in [4.78, 5) is 0. The number of hydrogen-bond acceptors (Lipinski definition) is 7. The Morgan fingerprint density at radius 3 is 1.90 bits per heavy atom. The minimum absolute atomic E-state index is 0.0130. The van der Waals surface area contributed by atoms with Crippen LogP contribution in [0.5, 0.6) is 40.2 Å². The lowest BCUT2D eigenvalue weighted by Crippen LogP contribution is -2.08. The van der Waals surface area contributed by atoms with Crippen molar-refractivity contribution in [1.82, 2.24) is 0 Å². The fraction of sp³-hybridized carbons (Fsp3) is 0.391. The molecule has 2 unspecified atom stereocenters. The maximum Gasteiger partial charge on any atom is 0.207 e. The van der Waals surface area contributed by atoms with Crippen LogP contribution >= 0.6 is 0 Å². The molecule has 3 rings (SSSR count). The molecule has 7 nitrogen and oxygen atoms in total. The summed E-state index contributed by atoms with van der Waals surface area (Å²) < 4.78 is 39.8. The Kier molecular flexibility index (Phi) is 6.50. The summed E-state index contributed by atoms with van der Waals surface area (Å²) in [6.07, 6.45) is 1.37. The van der Waals surface area contributed by atoms with E-state index in [-0.39, 0.29) is 12.0 Å². The van der Waals surface area contributed by atoms with E-state index in [1.165, 1.54) is 0 Å². The molecule has 0 saturated carbocycles. The number of rotatable bonds is 9. The molecule has 1 heterocycles. The molecular weight excluding hydrogens is 388 g/mol. The molecule has 7 heteroatoms. The zero-order valence-corrected chi connectivity index (χ0v) is 18.2. The maximum atomic E-state index is 6.38. The number of fused-ring (bicyclic) bond motifs is 1. The fourth-order valence-electron chi connectivity index (χ4n) is 3.71. The topological polar surface area (TPSA) is 64.6 Å². The van der Waals surface area contributed by atoms with Gasteiger partial charge in [-0.15, -0.1) is 0 Å². The molecule has 30 heavy (non-hydrogen) atoms. The van der Waals surface area contributed by atoms with Gasteiger partial charge in [0.05, 0.1) is 35.5 Å². The largest absolute Gasteiger partial charge is 0.493 e. The van der Waals surface area contributed by atoms with E-state index in [0.717, 1.165) is 11.1 Å². The van der Waals surface area contributed by atoms with Gasteiger partial charge in [0.15, 0.2) is 23.0 Å². The average molecular weight is 416 g/mol. The summed E-state index contributed by atoms with van der Waals surface area (Å²) in [5.74, 6) is 3.86. The van der Waals surface area contributed by atoms with Crippen molar-refractivity contribution in [3.8, 4) is 40.2 Å². The van der Waals surface area contributed by atoms with E-state index in [9.17, 15) is 0 Å². The van der Waals surface area contributed by atoms with Gasteiger partial charge in [0.25, 0.3) is 0 Å². The molecule has 0 bridgehead atoms. The quantitative estimate of drug-likeness (QED) is 0.557. The lowest BCUT2D eigenvalue weighted by atomic mass is 9.92. The van der Waals surface area contributed by atoms with Crippen LogP contribution in [0.15, 0.2) is 30.9 Å². The molecule has 0 spiro atoms. The van der Waals surface area contributed by atoms with E-state index in [2.05, 4.69) is 13.5 Å². The van der Waals surface area contributed by atoms with Gasteiger partial charge in [0.2, 0.25) is 17.2 Å². The highest BCUT2D eigenvalue weighted by Crippen LogP contribution is 2.57. The van der Waals surface area contributed by atoms with E-state index in [1.54, 1.807) is 41.6 Å². The normalized spacial score (nSPS) is 16.9. The number of methoxy groups -OCH3 is 5. The van der Waals surface area contributed by atoms with Gasteiger partial charge in [-0.2, -0.15) is 0 Å². The summed E-state index contributed by atoms with van der Waals surface area (Å²) >= 11 is 0. The van der Waals surface area contributed by atoms with Gasteiger partial charge in [-0.3, -0.25) is 0 Å². The standard InChI is InChI=1S/C23H28O7/c1-8-9-29-22-18(26-5)12-15-13(2)19(30-20(15)23(22)28-7)14-10-16(24-3)21(27-6)17(11-14)25-4/h8,10-13,19H,1,9H2,2-7H3. The van der Waals surface area contributed by atoms with Crippen LogP contribution in [0.25, 0.3) is 0 Å². The lowest BCUT2D eigenvalue weighted by Gasteiger charge is -2.20. The molecule has 2 aromatic carbocycles. The van der Waals surface area contributed by atoms with Crippen molar-refractivity contribution in [2.24, 2.45) is 0 Å². The van der Waals surface area contributed by atoms with Crippen molar-refractivity contribution >= 4 is 0 Å². The fourth-order valence-corrected chi connectivity index (χ4v) is 3.71. The van der Waals surface area contributed by atoms with Gasteiger partial charge in [0.1, 0.15) is 12.7 Å². The van der Waals surface area contributed by atoms with E-state index in [1.807, 2.05) is 18.2 Å². The van der Waals surface area contributed by atoms with Crippen LogP contribution in [0.1, 0.15) is 30.1 Å². The maximum absolute atomic E-state index is 6.38. The van der Waals surface area contributed by atoms with Crippen LogP contribution in [-0.4, -0.2) is 42.2 Å². The Hall–Kier alpha value is -3.22. The molecule has 0 N–H and O–H groups in total. The van der Waals surface area contributed by atoms with E-state index in [0.29, 0.717) is 46.9 Å². The van der Waals surface area contributed by atoms with Crippen molar-refractivity contribution in [3.05, 3.63) is 42.0 Å². The Morgan fingerprint density at radius 2 is 1.40 bits per heavy atom. The molecule has 1 aliphatic heterocycles. The van der Waals surface area contributed by atoms with Crippen LogP contribution in [-0.2, 0) is 0 Å². The third kappa shape index (κ3) is 3.56. The van der Waals surface area contributed by atoms with Crippen molar-refractivity contribution in [3.63, 3.8) is 0 Å². The first-order chi connectivity index (χ1) is 14.5. The molecule has 0 radical (unpaired) electrons. The van der Waals surface area contributed by atoms with Crippen LogP contribution in [0.4, 0.5) is 0 Å². The highest BCUT2D eigenvalue weighted by molar-refractivity contribution is 5.66. The highest BCUT2D eigenvalue weighted by Gasteiger charge is 2.38. The average Bonchev–Trinajstić information content (AvgIpc) is 3.11. The predicted molar refractivity (Wildman–Crippen MR) is 113 cm³/mol. The van der Waals surface area contributed by atoms with Gasteiger partial charge in [-0.1, -0.05) is 19.6 Å². The molecule has 0 saturated heterocycles. The molecule has 0 fully saturated rings. The van der Waals surface area contributed by atoms with Gasteiger partial charge in [-0.05, 0) is 18.2 Å². The predicted octanol–water partition coefficient (Wildman–Crippen LogP) is 4.53. The summed E-state index contributed by atoms with van der Waals surface area (Å²) in [6.45, 7) is 6.10. The highest BCUT2D eigenvalue weighted by atomic mass is 16.6. The first kappa shape index (κ1) is 21.5. The zero-order valence-electron chi connectivity index (χ0n) is 18.2. The van der Waals surface area contributed by atoms with Gasteiger partial charge < -0.3 is 33.2 Å². The number of ether oxygens (including phenoxy) is 7. The summed E-state index contributed by atoms with van der Waals surface area (Å²) in [5, 5.41) is 0. The SMILES string of the molecule is C=CCOc1c(OC)cc2c(c1OC)OC(c1cc(OC)c(OC)c(OC)c1)C2C. The van der Waals surface area contributed by atoms with E-state index >= 15 is 0 Å². The third-order valence-electron chi connectivity index (χ3n) is 5.16. The van der Waals surface area contributed by atoms with Crippen molar-refractivity contribution < 1.29 is 33.2 Å². The molecule has 2 atom stereocenters. The molecule has 0 aliphatic carbocycles. The van der Waals surface area contributed by atoms with Crippen LogP contribution < -0.4 is 33.2 Å². The van der Waals surface area contributed by atoms with Crippen LogP contribution in [0, 0.1) is 0 Å². The van der Waals surface area contributed by atoms with Crippen molar-refractivity contribution in [1.29, 1.82) is 0 Å². The van der Waals surface area contributed by atoms with E-state index in [4.69, 9.17) is 33.2 Å². The minimum Gasteiger partial charge on any atom is -0.493 e.